The molecule has 1 aliphatic rings. The number of nitrogens with zero attached hydrogens (tertiary/aromatic N) is 4. The van der Waals surface area contributed by atoms with Crippen LogP contribution in [-0.4, -0.2) is 51.9 Å². The van der Waals surface area contributed by atoms with Gasteiger partial charge in [-0.1, -0.05) is 6.92 Å². The van der Waals surface area contributed by atoms with Crippen LogP contribution in [0.5, 0.6) is 0 Å². The third-order valence-electron chi connectivity index (χ3n) is 5.52. The summed E-state index contributed by atoms with van der Waals surface area (Å²) in [5.41, 5.74) is 0.679. The molecular formula is C21H29N5O4. The number of hydrogen-bond acceptors (Lipinski definition) is 8. The Balaban J connectivity index is 1.88. The van der Waals surface area contributed by atoms with Gasteiger partial charge >= 0.3 is 11.9 Å². The monoisotopic (exact) mass is 415 g/mol. The molecule has 1 saturated carbocycles. The first-order valence-corrected chi connectivity index (χ1v) is 10.5. The highest BCUT2D eigenvalue weighted by Crippen LogP contribution is 2.39. The summed E-state index contributed by atoms with van der Waals surface area (Å²) in [6.07, 6.45) is 3.64. The van der Waals surface area contributed by atoms with E-state index in [2.05, 4.69) is 27.8 Å². The Hall–Kier alpha value is -2.81. The largest absolute Gasteiger partial charge is 0.465 e. The quantitative estimate of drug-likeness (QED) is 0.655. The van der Waals surface area contributed by atoms with E-state index in [1.165, 1.54) is 0 Å². The van der Waals surface area contributed by atoms with E-state index in [0.717, 1.165) is 31.4 Å². The standard InChI is InChI=1S/C21H29N5O4/c1-4-29-18(27)14-22-21(12-10-15(3)11-13-21)20-23-24-25-26(20)17-8-6-16(7-9-17)19(28)30-5-2/h6-9,15,22H,4-5,10-14H2,1-3H3. The van der Waals surface area contributed by atoms with Crippen LogP contribution in [0, 0.1) is 5.92 Å². The number of carbonyl (C=O) groups excluding carboxylic acids is 2. The van der Waals surface area contributed by atoms with Crippen LogP contribution < -0.4 is 5.32 Å². The van der Waals surface area contributed by atoms with Gasteiger partial charge in [-0.2, -0.15) is 4.68 Å². The minimum absolute atomic E-state index is 0.0941. The molecule has 30 heavy (non-hydrogen) atoms. The van der Waals surface area contributed by atoms with Crippen molar-refractivity contribution in [3.8, 4) is 5.69 Å². The molecule has 0 radical (unpaired) electrons. The molecule has 9 heteroatoms. The van der Waals surface area contributed by atoms with E-state index in [4.69, 9.17) is 9.47 Å². The van der Waals surface area contributed by atoms with Crippen LogP contribution in [0.3, 0.4) is 0 Å². The van der Waals surface area contributed by atoms with Gasteiger partial charge in [0.15, 0.2) is 5.82 Å². The van der Waals surface area contributed by atoms with Gasteiger partial charge in [-0.05, 0) is 80.1 Å². The van der Waals surface area contributed by atoms with E-state index in [-0.39, 0.29) is 18.5 Å². The minimum atomic E-state index is -0.525. The summed E-state index contributed by atoms with van der Waals surface area (Å²) >= 11 is 0. The smallest absolute Gasteiger partial charge is 0.338 e. The number of nitrogens with one attached hydrogen (secondary N) is 1. The summed E-state index contributed by atoms with van der Waals surface area (Å²) in [4.78, 5) is 23.9. The van der Waals surface area contributed by atoms with Crippen molar-refractivity contribution in [2.75, 3.05) is 19.8 Å². The van der Waals surface area contributed by atoms with E-state index in [0.29, 0.717) is 30.5 Å². The van der Waals surface area contributed by atoms with E-state index >= 15 is 0 Å². The van der Waals surface area contributed by atoms with Crippen molar-refractivity contribution in [2.24, 2.45) is 5.92 Å². The number of hydrogen-bond donors (Lipinski definition) is 1. The van der Waals surface area contributed by atoms with Gasteiger partial charge in [0.2, 0.25) is 0 Å². The normalized spacial score (nSPS) is 21.2. The third kappa shape index (κ3) is 4.84. The maximum absolute atomic E-state index is 12.0. The topological polar surface area (TPSA) is 108 Å². The van der Waals surface area contributed by atoms with Crippen LogP contribution in [0.15, 0.2) is 24.3 Å². The lowest BCUT2D eigenvalue weighted by Crippen LogP contribution is -2.49. The molecular weight excluding hydrogens is 386 g/mol. The lowest BCUT2D eigenvalue weighted by atomic mass is 9.76. The van der Waals surface area contributed by atoms with Crippen LogP contribution in [0.4, 0.5) is 0 Å². The van der Waals surface area contributed by atoms with Gasteiger partial charge in [-0.3, -0.25) is 10.1 Å². The zero-order valence-corrected chi connectivity index (χ0v) is 17.8. The molecule has 1 aromatic carbocycles. The summed E-state index contributed by atoms with van der Waals surface area (Å²) in [6.45, 7) is 6.55. The number of ether oxygens (including phenoxy) is 2. The molecule has 162 valence electrons. The van der Waals surface area contributed by atoms with Gasteiger partial charge in [0.1, 0.15) is 0 Å². The highest BCUT2D eigenvalue weighted by molar-refractivity contribution is 5.89. The van der Waals surface area contributed by atoms with Gasteiger partial charge in [-0.15, -0.1) is 5.10 Å². The van der Waals surface area contributed by atoms with E-state index in [1.54, 1.807) is 42.8 Å². The molecule has 1 aliphatic carbocycles. The summed E-state index contributed by atoms with van der Waals surface area (Å²) in [6, 6.07) is 6.97. The number of rotatable bonds is 8. The predicted molar refractivity (Wildman–Crippen MR) is 109 cm³/mol. The molecule has 0 unspecified atom stereocenters. The van der Waals surface area contributed by atoms with Crippen LogP contribution in [0.25, 0.3) is 5.69 Å². The van der Waals surface area contributed by atoms with Crippen LogP contribution in [0.1, 0.15) is 62.6 Å². The molecule has 1 aromatic heterocycles. The van der Waals surface area contributed by atoms with Crippen LogP contribution in [0.2, 0.25) is 0 Å². The molecule has 1 N–H and O–H groups in total. The predicted octanol–water partition coefficient (Wildman–Crippen LogP) is 2.40. The minimum Gasteiger partial charge on any atom is -0.465 e. The van der Waals surface area contributed by atoms with Crippen molar-refractivity contribution < 1.29 is 19.1 Å². The molecule has 0 spiro atoms. The lowest BCUT2D eigenvalue weighted by molar-refractivity contribution is -0.142. The van der Waals surface area contributed by atoms with Crippen LogP contribution >= 0.6 is 0 Å². The van der Waals surface area contributed by atoms with E-state index in [9.17, 15) is 9.59 Å². The highest BCUT2D eigenvalue weighted by atomic mass is 16.5. The second-order valence-electron chi connectivity index (χ2n) is 7.60. The van der Waals surface area contributed by atoms with Crippen molar-refractivity contribution in [3.05, 3.63) is 35.7 Å². The molecule has 0 bridgehead atoms. The molecule has 3 rings (SSSR count). The van der Waals surface area contributed by atoms with E-state index < -0.39 is 5.54 Å². The molecule has 1 fully saturated rings. The second kappa shape index (κ2) is 9.80. The Kier molecular flexibility index (Phi) is 7.15. The number of benzene rings is 1. The molecule has 0 amide bonds. The van der Waals surface area contributed by atoms with Crippen molar-refractivity contribution in [2.45, 2.75) is 52.0 Å². The van der Waals surface area contributed by atoms with Gasteiger partial charge in [0, 0.05) is 0 Å². The van der Waals surface area contributed by atoms with Gasteiger partial charge in [-0.25, -0.2) is 4.79 Å². The van der Waals surface area contributed by atoms with E-state index in [1.807, 2.05) is 0 Å². The second-order valence-corrected chi connectivity index (χ2v) is 7.60. The number of tetrazole rings is 1. The first-order chi connectivity index (χ1) is 14.5. The molecule has 0 atom stereocenters. The maximum Gasteiger partial charge on any atom is 0.338 e. The summed E-state index contributed by atoms with van der Waals surface area (Å²) in [5.74, 6) is 0.599. The van der Waals surface area contributed by atoms with Crippen molar-refractivity contribution in [3.63, 3.8) is 0 Å². The molecule has 0 aliphatic heterocycles. The van der Waals surface area contributed by atoms with Crippen LogP contribution in [-0.2, 0) is 19.8 Å². The zero-order valence-electron chi connectivity index (χ0n) is 17.8. The van der Waals surface area contributed by atoms with Crippen molar-refractivity contribution in [1.29, 1.82) is 0 Å². The third-order valence-corrected chi connectivity index (χ3v) is 5.52. The SMILES string of the molecule is CCOC(=O)CNC1(c2nnnn2-c2ccc(C(=O)OCC)cc2)CCC(C)CC1. The summed E-state index contributed by atoms with van der Waals surface area (Å²) in [7, 11) is 0. The maximum atomic E-state index is 12.0. The highest BCUT2D eigenvalue weighted by Gasteiger charge is 2.41. The fourth-order valence-electron chi connectivity index (χ4n) is 3.80. The fraction of sp³-hybridized carbons (Fsp3) is 0.571. The van der Waals surface area contributed by atoms with Crippen molar-refractivity contribution in [1.82, 2.24) is 25.5 Å². The molecule has 0 saturated heterocycles. The summed E-state index contributed by atoms with van der Waals surface area (Å²) in [5, 5.41) is 15.8. The average Bonchev–Trinajstić information content (AvgIpc) is 3.25. The Morgan fingerprint density at radius 3 is 2.43 bits per heavy atom. The number of carbonyl (C=O) groups is 2. The van der Waals surface area contributed by atoms with Crippen molar-refractivity contribution >= 4 is 11.9 Å². The Bertz CT molecular complexity index is 857. The summed E-state index contributed by atoms with van der Waals surface area (Å²) < 4.78 is 11.8. The zero-order chi connectivity index (χ0) is 21.6. The first kappa shape index (κ1) is 21.9. The van der Waals surface area contributed by atoms with Gasteiger partial charge in [0.25, 0.3) is 0 Å². The molecule has 9 nitrogen and oxygen atoms in total. The lowest BCUT2D eigenvalue weighted by Gasteiger charge is -2.38. The Labute approximate surface area is 176 Å². The fourth-order valence-corrected chi connectivity index (χ4v) is 3.80. The average molecular weight is 415 g/mol. The first-order valence-electron chi connectivity index (χ1n) is 10.5. The molecule has 1 heterocycles. The van der Waals surface area contributed by atoms with Gasteiger partial charge < -0.3 is 9.47 Å². The molecule has 2 aromatic rings. The Morgan fingerprint density at radius 2 is 1.80 bits per heavy atom. The van der Waals surface area contributed by atoms with Gasteiger partial charge in [0.05, 0.1) is 36.5 Å². The number of esters is 2. The number of aromatic nitrogens is 4. The Morgan fingerprint density at radius 1 is 1.13 bits per heavy atom.